The van der Waals surface area contributed by atoms with Crippen LogP contribution in [0.5, 0.6) is 6.01 Å². The van der Waals surface area contributed by atoms with Crippen LogP contribution < -0.4 is 14.5 Å². The third-order valence-corrected chi connectivity index (χ3v) is 8.62. The fourth-order valence-electron chi connectivity index (χ4n) is 6.44. The number of amides is 1. The van der Waals surface area contributed by atoms with Crippen LogP contribution in [-0.2, 0) is 24.1 Å². The van der Waals surface area contributed by atoms with Crippen LogP contribution in [0.4, 0.5) is 11.5 Å². The van der Waals surface area contributed by atoms with Gasteiger partial charge in [-0.1, -0.05) is 31.2 Å². The van der Waals surface area contributed by atoms with Gasteiger partial charge in [-0.25, -0.2) is 0 Å². The Labute approximate surface area is 251 Å². The summed E-state index contributed by atoms with van der Waals surface area (Å²) in [5.74, 6) is 0.978. The fourth-order valence-corrected chi connectivity index (χ4v) is 6.44. The minimum absolute atomic E-state index is 0.00315. The Bertz CT molecular complexity index is 1230. The minimum Gasteiger partial charge on any atom is -0.467 e. The topological polar surface area (TPSA) is 88.8 Å². The number of hydrogen-bond donors (Lipinski definition) is 0. The first kappa shape index (κ1) is 31.3. The van der Waals surface area contributed by atoms with Crippen LogP contribution >= 0.6 is 0 Å². The summed E-state index contributed by atoms with van der Waals surface area (Å²) >= 11 is 0. The van der Waals surface area contributed by atoms with E-state index in [9.17, 15) is 4.79 Å². The highest BCUT2D eigenvalue weighted by Gasteiger charge is 2.32. The molecule has 3 aliphatic heterocycles. The maximum atomic E-state index is 12.0. The third-order valence-electron chi connectivity index (χ3n) is 8.62. The molecule has 226 valence electrons. The first-order chi connectivity index (χ1) is 20.5. The summed E-state index contributed by atoms with van der Waals surface area (Å²) in [7, 11) is 3.83. The second kappa shape index (κ2) is 15.5. The molecule has 9 nitrogen and oxygen atoms in total. The number of likely N-dealkylation sites (tertiary alicyclic amines) is 1. The molecule has 1 amide bonds. The lowest BCUT2D eigenvalue weighted by Crippen LogP contribution is -2.49. The zero-order chi connectivity index (χ0) is 29.9. The lowest BCUT2D eigenvalue weighted by atomic mass is 9.88. The fraction of sp³-hybridized carbons (Fsp3) is 0.576. The van der Waals surface area contributed by atoms with Gasteiger partial charge in [-0.2, -0.15) is 15.2 Å². The van der Waals surface area contributed by atoms with Crippen molar-refractivity contribution in [1.29, 1.82) is 5.26 Å². The molecule has 0 saturated carbocycles. The van der Waals surface area contributed by atoms with E-state index in [2.05, 4.69) is 52.6 Å². The summed E-state index contributed by atoms with van der Waals surface area (Å²) in [5, 5.41) is 7.32. The number of piperidine rings is 1. The van der Waals surface area contributed by atoms with Gasteiger partial charge in [0.2, 0.25) is 5.91 Å². The Balaban J connectivity index is 0.000000347. The molecule has 2 aromatic rings. The van der Waals surface area contributed by atoms with Gasteiger partial charge in [0.05, 0.1) is 18.9 Å². The van der Waals surface area contributed by atoms with E-state index in [0.29, 0.717) is 25.1 Å². The molecule has 1 unspecified atom stereocenters. The molecule has 1 atom stereocenters. The number of aromatic nitrogens is 2. The van der Waals surface area contributed by atoms with Crippen molar-refractivity contribution < 1.29 is 9.53 Å². The quantitative estimate of drug-likeness (QED) is 0.502. The highest BCUT2D eigenvalue weighted by molar-refractivity contribution is 5.87. The summed E-state index contributed by atoms with van der Waals surface area (Å²) in [6.45, 7) is 11.7. The van der Waals surface area contributed by atoms with E-state index in [1.54, 1.807) is 13.2 Å². The number of benzene rings is 1. The number of ether oxygens (including phenoxy) is 1. The second-order valence-electron chi connectivity index (χ2n) is 11.4. The van der Waals surface area contributed by atoms with Crippen LogP contribution in [0.15, 0.2) is 36.9 Å². The number of methoxy groups -OCH3 is 1. The van der Waals surface area contributed by atoms with E-state index in [4.69, 9.17) is 20.0 Å². The number of anilines is 2. The van der Waals surface area contributed by atoms with Gasteiger partial charge in [-0.05, 0) is 76.4 Å². The van der Waals surface area contributed by atoms with Gasteiger partial charge in [-0.3, -0.25) is 4.79 Å². The first-order valence-electron chi connectivity index (χ1n) is 15.4. The highest BCUT2D eigenvalue weighted by atomic mass is 16.5. The molecule has 4 aliphatic rings. The molecule has 0 N–H and O–H groups in total. The summed E-state index contributed by atoms with van der Waals surface area (Å²) < 4.78 is 5.49. The molecule has 1 aromatic carbocycles. The number of carbonyl (C=O) groups excluding carboxylic acids is 1. The van der Waals surface area contributed by atoms with Gasteiger partial charge < -0.3 is 24.3 Å². The van der Waals surface area contributed by atoms with Crippen LogP contribution in [0, 0.1) is 11.3 Å². The maximum absolute atomic E-state index is 12.0. The van der Waals surface area contributed by atoms with Crippen LogP contribution in [-0.4, -0.2) is 91.7 Å². The molecule has 4 heterocycles. The van der Waals surface area contributed by atoms with E-state index < -0.39 is 0 Å². The average molecular weight is 574 g/mol. The summed E-state index contributed by atoms with van der Waals surface area (Å²) in [5.41, 5.74) is 5.19. The SMILES string of the molecule is C=CC(=O)N1CCN(c2nc(OC)nc3c2CCC(N2CCCc4ccccc42)C3)CC1.CC#N.CN1CCCCC1. The molecule has 9 heteroatoms. The number of carbonyl (C=O) groups is 1. The second-order valence-corrected chi connectivity index (χ2v) is 11.4. The van der Waals surface area contributed by atoms with Crippen molar-refractivity contribution in [2.75, 3.05) is 69.8 Å². The predicted octanol–water partition coefficient (Wildman–Crippen LogP) is 4.26. The van der Waals surface area contributed by atoms with Gasteiger partial charge in [0.15, 0.2) is 0 Å². The zero-order valence-electron chi connectivity index (χ0n) is 25.7. The van der Waals surface area contributed by atoms with E-state index >= 15 is 0 Å². The average Bonchev–Trinajstić information content (AvgIpc) is 3.04. The number of piperazine rings is 1. The third kappa shape index (κ3) is 7.80. The van der Waals surface area contributed by atoms with Crippen molar-refractivity contribution in [3.05, 3.63) is 53.7 Å². The van der Waals surface area contributed by atoms with Crippen molar-refractivity contribution in [3.63, 3.8) is 0 Å². The van der Waals surface area contributed by atoms with Crippen molar-refractivity contribution in [2.24, 2.45) is 0 Å². The van der Waals surface area contributed by atoms with Gasteiger partial charge >= 0.3 is 6.01 Å². The number of rotatable bonds is 4. The number of para-hydroxylation sites is 1. The normalized spacial score (nSPS) is 20.0. The van der Waals surface area contributed by atoms with E-state index in [0.717, 1.165) is 56.8 Å². The maximum Gasteiger partial charge on any atom is 0.318 e. The van der Waals surface area contributed by atoms with Crippen molar-refractivity contribution in [3.8, 4) is 12.1 Å². The molecule has 6 rings (SSSR count). The Morgan fingerprint density at radius 1 is 1.02 bits per heavy atom. The number of nitrogens with zero attached hydrogens (tertiary/aromatic N) is 7. The smallest absolute Gasteiger partial charge is 0.318 e. The Morgan fingerprint density at radius 3 is 2.38 bits per heavy atom. The predicted molar refractivity (Wildman–Crippen MR) is 168 cm³/mol. The molecule has 1 aromatic heterocycles. The first-order valence-corrected chi connectivity index (χ1v) is 15.4. The largest absolute Gasteiger partial charge is 0.467 e. The van der Waals surface area contributed by atoms with E-state index in [-0.39, 0.29) is 5.91 Å². The summed E-state index contributed by atoms with van der Waals surface area (Å²) in [6, 6.07) is 11.4. The zero-order valence-corrected chi connectivity index (χ0v) is 25.7. The standard InChI is InChI=1S/C25H31N5O2.C6H13N.C2H3N/c1-3-23(31)28-13-15-29(16-14-28)24-20-11-10-19(17-21(20)26-25(27-24)32-2)30-12-6-8-18-7-4-5-9-22(18)30;1-7-5-3-2-4-6-7;1-2-3/h3-5,7,9,19H,1,6,8,10-17H2,2H3;2-6H2,1H3;1H3. The van der Waals surface area contributed by atoms with Crippen LogP contribution in [0.3, 0.4) is 0 Å². The molecular weight excluding hydrogens is 526 g/mol. The van der Waals surface area contributed by atoms with Gasteiger partial charge in [0.1, 0.15) is 5.82 Å². The number of fused-ring (bicyclic) bond motifs is 2. The van der Waals surface area contributed by atoms with E-state index in [1.807, 2.05) is 4.90 Å². The number of nitriles is 1. The minimum atomic E-state index is -0.00315. The monoisotopic (exact) mass is 573 g/mol. The Morgan fingerprint density at radius 2 is 1.74 bits per heavy atom. The molecule has 0 bridgehead atoms. The molecule has 0 radical (unpaired) electrons. The van der Waals surface area contributed by atoms with Gasteiger partial charge in [0.25, 0.3) is 0 Å². The Hall–Kier alpha value is -3.64. The summed E-state index contributed by atoms with van der Waals surface area (Å²) in [4.78, 5) is 30.6. The molecule has 2 saturated heterocycles. The number of aryl methyl sites for hydroxylation is 1. The van der Waals surface area contributed by atoms with Crippen LogP contribution in [0.1, 0.15) is 55.8 Å². The molecule has 0 spiro atoms. The van der Waals surface area contributed by atoms with Crippen molar-refractivity contribution in [1.82, 2.24) is 19.8 Å². The Kier molecular flexibility index (Phi) is 11.6. The van der Waals surface area contributed by atoms with Crippen LogP contribution in [0.25, 0.3) is 0 Å². The lowest BCUT2D eigenvalue weighted by molar-refractivity contribution is -0.126. The van der Waals surface area contributed by atoms with Crippen molar-refractivity contribution >= 4 is 17.4 Å². The molecule has 42 heavy (non-hydrogen) atoms. The van der Waals surface area contributed by atoms with Gasteiger partial charge in [-0.15, -0.1) is 0 Å². The molecule has 2 fully saturated rings. The number of hydrogen-bond acceptors (Lipinski definition) is 8. The highest BCUT2D eigenvalue weighted by Crippen LogP contribution is 2.36. The molecule has 1 aliphatic carbocycles. The lowest BCUT2D eigenvalue weighted by Gasteiger charge is -2.41. The summed E-state index contributed by atoms with van der Waals surface area (Å²) in [6.07, 6.45) is 11.0. The van der Waals surface area contributed by atoms with E-state index in [1.165, 1.54) is 68.6 Å². The van der Waals surface area contributed by atoms with Crippen LogP contribution in [0.2, 0.25) is 0 Å². The molecular formula is C33H47N7O2. The van der Waals surface area contributed by atoms with Gasteiger partial charge in [0, 0.05) is 63.4 Å². The van der Waals surface area contributed by atoms with Crippen molar-refractivity contribution in [2.45, 2.75) is 64.3 Å².